The van der Waals surface area contributed by atoms with Crippen LogP contribution in [-0.2, 0) is 19.6 Å². The summed E-state index contributed by atoms with van der Waals surface area (Å²) in [6, 6.07) is 18.0. The quantitative estimate of drug-likeness (QED) is 0.429. The van der Waals surface area contributed by atoms with E-state index in [2.05, 4.69) is 11.3 Å². The maximum Gasteiger partial charge on any atom is 0.266 e. The molecule has 6 nitrogen and oxygen atoms in total. The molecule has 4 rings (SSSR count). The fraction of sp³-hybridized carbons (Fsp3) is 0.0769. The average Bonchev–Trinajstić information content (AvgIpc) is 3.06. The Labute approximate surface area is 197 Å². The number of hydrogen-bond donors (Lipinski definition) is 1. The molecule has 2 amide bonds. The number of halogens is 1. The number of benzene rings is 3. The normalized spacial score (nSPS) is 14.5. The van der Waals surface area contributed by atoms with E-state index in [1.54, 1.807) is 42.5 Å². The first-order chi connectivity index (χ1) is 16.2. The van der Waals surface area contributed by atoms with Gasteiger partial charge in [0.05, 0.1) is 21.7 Å². The maximum atomic E-state index is 14.2. The number of fused-ring (bicyclic) bond motifs is 1. The third-order valence-electron chi connectivity index (χ3n) is 5.39. The summed E-state index contributed by atoms with van der Waals surface area (Å²) in [7, 11) is -4.23. The lowest BCUT2D eigenvalue weighted by atomic mass is 9.95. The van der Waals surface area contributed by atoms with E-state index in [-0.39, 0.29) is 28.1 Å². The molecule has 0 aliphatic carbocycles. The molecule has 34 heavy (non-hydrogen) atoms. The van der Waals surface area contributed by atoms with Gasteiger partial charge in [0.1, 0.15) is 5.82 Å². The highest BCUT2D eigenvalue weighted by atomic mass is 32.2. The number of amides is 2. The zero-order chi connectivity index (χ0) is 24.5. The molecule has 0 bridgehead atoms. The molecule has 1 N–H and O–H groups in total. The summed E-state index contributed by atoms with van der Waals surface area (Å²) in [4.78, 5) is 28.1. The Morgan fingerprint density at radius 2 is 1.74 bits per heavy atom. The number of aryl methyl sites for hydroxylation is 1. The highest BCUT2D eigenvalue weighted by Gasteiger charge is 2.37. The molecule has 8 heteroatoms. The largest absolute Gasteiger partial charge is 0.304 e. The van der Waals surface area contributed by atoms with Crippen molar-refractivity contribution in [2.24, 2.45) is 0 Å². The Morgan fingerprint density at radius 3 is 2.38 bits per heavy atom. The van der Waals surface area contributed by atoms with Gasteiger partial charge in [-0.1, -0.05) is 54.1 Å². The molecule has 0 aromatic heterocycles. The molecule has 1 aliphatic heterocycles. The van der Waals surface area contributed by atoms with Crippen molar-refractivity contribution in [2.45, 2.75) is 11.8 Å². The van der Waals surface area contributed by atoms with E-state index in [0.717, 1.165) is 11.6 Å². The molecule has 0 unspecified atom stereocenters. The number of nitrogens with zero attached hydrogens (tertiary/aromatic N) is 1. The van der Waals surface area contributed by atoms with E-state index < -0.39 is 27.7 Å². The molecule has 3 aromatic carbocycles. The van der Waals surface area contributed by atoms with Crippen molar-refractivity contribution < 1.29 is 22.4 Å². The lowest BCUT2D eigenvalue weighted by molar-refractivity contribution is -0.115. The highest BCUT2D eigenvalue weighted by Crippen LogP contribution is 2.41. The van der Waals surface area contributed by atoms with Crippen LogP contribution in [0.1, 0.15) is 16.7 Å². The molecule has 3 aromatic rings. The number of rotatable bonds is 6. The Bertz CT molecular complexity index is 1430. The Kier molecular flexibility index (Phi) is 6.17. The zero-order valence-corrected chi connectivity index (χ0v) is 19.1. The van der Waals surface area contributed by atoms with Gasteiger partial charge in [-0.3, -0.25) is 9.59 Å². The molecule has 0 saturated heterocycles. The first-order valence-electron chi connectivity index (χ1n) is 10.4. The van der Waals surface area contributed by atoms with E-state index in [0.29, 0.717) is 11.3 Å². The molecule has 0 saturated carbocycles. The van der Waals surface area contributed by atoms with E-state index >= 15 is 0 Å². The van der Waals surface area contributed by atoms with Crippen molar-refractivity contribution in [1.82, 2.24) is 4.72 Å². The summed E-state index contributed by atoms with van der Waals surface area (Å²) in [5.74, 6) is -2.14. The number of carbonyl (C=O) groups excluding carboxylic acids is 2. The summed E-state index contributed by atoms with van der Waals surface area (Å²) >= 11 is 0. The van der Waals surface area contributed by atoms with Gasteiger partial charge in [-0.2, -0.15) is 0 Å². The molecule has 1 heterocycles. The molecule has 0 spiro atoms. The molecule has 1 aliphatic rings. The predicted octanol–water partition coefficient (Wildman–Crippen LogP) is 4.08. The van der Waals surface area contributed by atoms with Crippen molar-refractivity contribution in [3.8, 4) is 0 Å². The fourth-order valence-corrected chi connectivity index (χ4v) is 4.76. The Hall–Kier alpha value is -4.04. The standard InChI is InChI=1S/C26H21FN2O4S/c1-3-15-29-22-14-11-19(27)16-21(22)24(26(29)31)23(18-7-5-4-6-8-18)25(30)28-34(32,33)20-12-9-17(2)10-13-20/h3-14,16H,1,15H2,2H3,(H,28,30)/b24-23-. The second-order valence-corrected chi connectivity index (χ2v) is 9.41. The minimum atomic E-state index is -4.23. The summed E-state index contributed by atoms with van der Waals surface area (Å²) < 4.78 is 42.1. The van der Waals surface area contributed by atoms with Crippen LogP contribution in [0, 0.1) is 12.7 Å². The van der Waals surface area contributed by atoms with Crippen LogP contribution in [0.3, 0.4) is 0 Å². The van der Waals surface area contributed by atoms with Crippen LogP contribution in [-0.4, -0.2) is 26.8 Å². The molecule has 0 radical (unpaired) electrons. The zero-order valence-electron chi connectivity index (χ0n) is 18.3. The van der Waals surface area contributed by atoms with E-state index in [9.17, 15) is 22.4 Å². The van der Waals surface area contributed by atoms with Crippen molar-refractivity contribution in [2.75, 3.05) is 11.4 Å². The second-order valence-electron chi connectivity index (χ2n) is 7.73. The van der Waals surface area contributed by atoms with Crippen molar-refractivity contribution in [3.63, 3.8) is 0 Å². The van der Waals surface area contributed by atoms with Gasteiger partial charge in [-0.15, -0.1) is 6.58 Å². The summed E-state index contributed by atoms with van der Waals surface area (Å²) in [5.41, 5.74) is 1.53. The fourth-order valence-electron chi connectivity index (χ4n) is 3.80. The van der Waals surface area contributed by atoms with Gasteiger partial charge in [0.15, 0.2) is 0 Å². The van der Waals surface area contributed by atoms with Crippen LogP contribution in [0.2, 0.25) is 0 Å². The van der Waals surface area contributed by atoms with Crippen LogP contribution in [0.4, 0.5) is 10.1 Å². The summed E-state index contributed by atoms with van der Waals surface area (Å²) in [6.07, 6.45) is 1.51. The SMILES string of the molecule is C=CCN1C(=O)/C(=C(\C(=O)NS(=O)(=O)c2ccc(C)cc2)c2ccccc2)c2cc(F)ccc21. The minimum absolute atomic E-state index is 0.0841. The molecular formula is C26H21FN2O4S. The third kappa shape index (κ3) is 4.27. The Balaban J connectivity index is 1.90. The van der Waals surface area contributed by atoms with Crippen molar-refractivity contribution >= 4 is 38.7 Å². The predicted molar refractivity (Wildman–Crippen MR) is 129 cm³/mol. The van der Waals surface area contributed by atoms with E-state index in [1.165, 1.54) is 35.2 Å². The van der Waals surface area contributed by atoms with Gasteiger partial charge >= 0.3 is 0 Å². The molecule has 0 atom stereocenters. The first kappa shape index (κ1) is 23.1. The van der Waals surface area contributed by atoms with Crippen LogP contribution in [0.25, 0.3) is 11.1 Å². The maximum absolute atomic E-state index is 14.2. The number of hydrogen-bond acceptors (Lipinski definition) is 4. The van der Waals surface area contributed by atoms with Crippen LogP contribution < -0.4 is 9.62 Å². The van der Waals surface area contributed by atoms with E-state index in [4.69, 9.17) is 0 Å². The number of nitrogens with one attached hydrogen (secondary N) is 1. The van der Waals surface area contributed by atoms with Gasteiger partial charge in [0.2, 0.25) is 0 Å². The molecule has 0 fully saturated rings. The van der Waals surface area contributed by atoms with Crippen molar-refractivity contribution in [3.05, 3.63) is 108 Å². The molecule has 172 valence electrons. The van der Waals surface area contributed by atoms with Crippen LogP contribution in [0.15, 0.2) is 90.3 Å². The topological polar surface area (TPSA) is 83.6 Å². The third-order valence-corrected chi connectivity index (χ3v) is 6.73. The van der Waals surface area contributed by atoms with Gasteiger partial charge in [-0.25, -0.2) is 17.5 Å². The van der Waals surface area contributed by atoms with Gasteiger partial charge in [0, 0.05) is 12.1 Å². The number of anilines is 1. The Morgan fingerprint density at radius 1 is 1.06 bits per heavy atom. The summed E-state index contributed by atoms with van der Waals surface area (Å²) in [6.45, 7) is 5.60. The van der Waals surface area contributed by atoms with E-state index in [1.807, 2.05) is 6.92 Å². The van der Waals surface area contributed by atoms with Gasteiger partial charge in [0.25, 0.3) is 21.8 Å². The van der Waals surface area contributed by atoms with Crippen molar-refractivity contribution in [1.29, 1.82) is 0 Å². The number of sulfonamides is 1. The monoisotopic (exact) mass is 476 g/mol. The van der Waals surface area contributed by atoms with Gasteiger partial charge < -0.3 is 4.90 Å². The van der Waals surface area contributed by atoms with Crippen LogP contribution in [0.5, 0.6) is 0 Å². The lowest BCUT2D eigenvalue weighted by Gasteiger charge is -2.15. The smallest absolute Gasteiger partial charge is 0.266 e. The lowest BCUT2D eigenvalue weighted by Crippen LogP contribution is -2.33. The second kappa shape index (κ2) is 9.07. The first-order valence-corrected chi connectivity index (χ1v) is 11.9. The average molecular weight is 477 g/mol. The number of carbonyl (C=O) groups is 2. The summed E-state index contributed by atoms with van der Waals surface area (Å²) in [5, 5.41) is 0. The highest BCUT2D eigenvalue weighted by molar-refractivity contribution is 7.90. The molecular weight excluding hydrogens is 455 g/mol. The minimum Gasteiger partial charge on any atom is -0.304 e. The van der Waals surface area contributed by atoms with Gasteiger partial charge in [-0.05, 0) is 42.8 Å². The van der Waals surface area contributed by atoms with Crippen LogP contribution >= 0.6 is 0 Å².